The quantitative estimate of drug-likeness (QED) is 0.564. The van der Waals surface area contributed by atoms with Gasteiger partial charge in [0.2, 0.25) is 0 Å². The van der Waals surface area contributed by atoms with Gasteiger partial charge in [0, 0.05) is 5.56 Å². The number of benzene rings is 1. The van der Waals surface area contributed by atoms with Crippen molar-refractivity contribution in [2.75, 3.05) is 0 Å². The molecule has 0 bridgehead atoms. The minimum atomic E-state index is 0.786. The number of hydrogen-bond acceptors (Lipinski definition) is 1. The van der Waals surface area contributed by atoms with Crippen molar-refractivity contribution in [3.8, 4) is 11.1 Å². The molecule has 0 aliphatic carbocycles. The van der Waals surface area contributed by atoms with Gasteiger partial charge in [-0.2, -0.15) is 4.73 Å². The molecule has 0 amide bonds. The van der Waals surface area contributed by atoms with Crippen LogP contribution in [0.3, 0.4) is 0 Å². The van der Waals surface area contributed by atoms with Gasteiger partial charge < -0.3 is 5.21 Å². The van der Waals surface area contributed by atoms with Gasteiger partial charge >= 0.3 is 0 Å². The highest BCUT2D eigenvalue weighted by atomic mass is 79.9. The van der Waals surface area contributed by atoms with Crippen molar-refractivity contribution in [3.63, 3.8) is 0 Å². The van der Waals surface area contributed by atoms with Crippen LogP contribution in [0.2, 0.25) is 0 Å². The van der Waals surface area contributed by atoms with E-state index in [9.17, 15) is 5.21 Å². The molecule has 0 saturated heterocycles. The average molecular weight is 250 g/mol. The fraction of sp³-hybridized carbons (Fsp3) is 0. The highest BCUT2D eigenvalue weighted by molar-refractivity contribution is 9.10. The van der Waals surface area contributed by atoms with E-state index in [1.54, 1.807) is 6.20 Å². The van der Waals surface area contributed by atoms with Crippen molar-refractivity contribution >= 4 is 15.9 Å². The smallest absolute Gasteiger partial charge is 0.194 e. The Hall–Kier alpha value is -1.35. The van der Waals surface area contributed by atoms with E-state index in [1.807, 2.05) is 36.4 Å². The van der Waals surface area contributed by atoms with E-state index in [-0.39, 0.29) is 0 Å². The summed E-state index contributed by atoms with van der Waals surface area (Å²) in [7, 11) is 0. The molecule has 2 rings (SSSR count). The predicted octanol–water partition coefficient (Wildman–Crippen LogP) is 2.75. The second-order valence-corrected chi connectivity index (χ2v) is 3.88. The molecule has 0 aliphatic rings. The Bertz CT molecular complexity index is 422. The molecule has 1 aromatic carbocycles. The Balaban J connectivity index is 2.52. The molecule has 3 heteroatoms. The van der Waals surface area contributed by atoms with E-state index in [2.05, 4.69) is 15.9 Å². The largest absolute Gasteiger partial charge is 0.619 e. The first-order chi connectivity index (χ1) is 6.75. The maximum absolute atomic E-state index is 11.2. The summed E-state index contributed by atoms with van der Waals surface area (Å²) < 4.78 is 1.58. The number of aromatic nitrogens is 1. The average Bonchev–Trinajstić information content (AvgIpc) is 2.18. The Morgan fingerprint density at radius 3 is 2.36 bits per heavy atom. The minimum absolute atomic E-state index is 0.786. The van der Waals surface area contributed by atoms with Crippen molar-refractivity contribution in [2.24, 2.45) is 0 Å². The number of rotatable bonds is 1. The second-order valence-electron chi connectivity index (χ2n) is 2.97. The van der Waals surface area contributed by atoms with Gasteiger partial charge in [0.15, 0.2) is 12.4 Å². The van der Waals surface area contributed by atoms with E-state index in [1.165, 1.54) is 6.20 Å². The van der Waals surface area contributed by atoms with Gasteiger partial charge in [-0.3, -0.25) is 0 Å². The molecular weight excluding hydrogens is 242 g/mol. The van der Waals surface area contributed by atoms with Crippen molar-refractivity contribution in [3.05, 3.63) is 58.5 Å². The monoisotopic (exact) mass is 249 g/mol. The maximum Gasteiger partial charge on any atom is 0.194 e. The van der Waals surface area contributed by atoms with Crippen molar-refractivity contribution in [1.29, 1.82) is 0 Å². The van der Waals surface area contributed by atoms with Crippen LogP contribution < -0.4 is 4.73 Å². The SMILES string of the molecule is [O-][n+]1cc(Br)cc(-c2ccccc2)c1. The van der Waals surface area contributed by atoms with E-state index in [0.29, 0.717) is 0 Å². The Morgan fingerprint density at radius 1 is 1.00 bits per heavy atom. The molecule has 0 spiro atoms. The van der Waals surface area contributed by atoms with Crippen molar-refractivity contribution in [1.82, 2.24) is 0 Å². The number of hydrogen-bond donors (Lipinski definition) is 0. The van der Waals surface area contributed by atoms with Crippen LogP contribution in [0.15, 0.2) is 53.3 Å². The van der Waals surface area contributed by atoms with Gasteiger partial charge in [-0.25, -0.2) is 0 Å². The lowest BCUT2D eigenvalue weighted by molar-refractivity contribution is -0.605. The van der Waals surface area contributed by atoms with Gasteiger partial charge in [0.1, 0.15) is 0 Å². The van der Waals surface area contributed by atoms with Crippen LogP contribution in [0.4, 0.5) is 0 Å². The molecule has 0 N–H and O–H groups in total. The summed E-state index contributed by atoms with van der Waals surface area (Å²) in [5.74, 6) is 0. The summed E-state index contributed by atoms with van der Waals surface area (Å²) in [6.45, 7) is 0. The summed E-state index contributed by atoms with van der Waals surface area (Å²) >= 11 is 3.29. The standard InChI is InChI=1S/C11H8BrNO/c12-11-6-10(7-13(14)8-11)9-4-2-1-3-5-9/h1-8H. The van der Waals surface area contributed by atoms with Gasteiger partial charge in [-0.15, -0.1) is 0 Å². The lowest BCUT2D eigenvalue weighted by Crippen LogP contribution is -2.24. The third-order valence-corrected chi connectivity index (χ3v) is 2.35. The van der Waals surface area contributed by atoms with Crippen LogP contribution in [0.25, 0.3) is 11.1 Å². The second kappa shape index (κ2) is 3.80. The lowest BCUT2D eigenvalue weighted by Gasteiger charge is -2.02. The zero-order valence-electron chi connectivity index (χ0n) is 7.35. The van der Waals surface area contributed by atoms with E-state index < -0.39 is 0 Å². The number of pyridine rings is 1. The van der Waals surface area contributed by atoms with E-state index in [0.717, 1.165) is 20.3 Å². The van der Waals surface area contributed by atoms with E-state index >= 15 is 0 Å². The Labute approximate surface area is 90.5 Å². The third kappa shape index (κ3) is 1.93. The van der Waals surface area contributed by atoms with Gasteiger partial charge in [0.25, 0.3) is 0 Å². The highest BCUT2D eigenvalue weighted by Crippen LogP contribution is 2.20. The summed E-state index contributed by atoms with van der Waals surface area (Å²) in [6.07, 6.45) is 3.03. The normalized spacial score (nSPS) is 10.1. The first-order valence-corrected chi connectivity index (χ1v) is 5.00. The molecule has 14 heavy (non-hydrogen) atoms. The molecule has 0 saturated carbocycles. The molecule has 0 atom stereocenters. The van der Waals surface area contributed by atoms with Crippen molar-refractivity contribution in [2.45, 2.75) is 0 Å². The zero-order valence-corrected chi connectivity index (χ0v) is 8.94. The summed E-state index contributed by atoms with van der Waals surface area (Å²) in [4.78, 5) is 0. The minimum Gasteiger partial charge on any atom is -0.619 e. The fourth-order valence-electron chi connectivity index (χ4n) is 1.31. The van der Waals surface area contributed by atoms with Crippen LogP contribution in [-0.2, 0) is 0 Å². The predicted molar refractivity (Wildman–Crippen MR) is 58.5 cm³/mol. The number of nitrogens with zero attached hydrogens (tertiary/aromatic N) is 1. The molecule has 0 aliphatic heterocycles. The van der Waals surface area contributed by atoms with Crippen LogP contribution in [0.1, 0.15) is 0 Å². The van der Waals surface area contributed by atoms with Crippen molar-refractivity contribution < 1.29 is 4.73 Å². The lowest BCUT2D eigenvalue weighted by atomic mass is 10.1. The molecule has 0 unspecified atom stereocenters. The van der Waals surface area contributed by atoms with Crippen LogP contribution in [0.5, 0.6) is 0 Å². The maximum atomic E-state index is 11.2. The summed E-state index contributed by atoms with van der Waals surface area (Å²) in [5, 5.41) is 11.2. The van der Waals surface area contributed by atoms with Gasteiger partial charge in [-0.05, 0) is 27.6 Å². The molecule has 1 heterocycles. The van der Waals surface area contributed by atoms with Gasteiger partial charge in [-0.1, -0.05) is 30.3 Å². The van der Waals surface area contributed by atoms with Crippen LogP contribution in [-0.4, -0.2) is 0 Å². The van der Waals surface area contributed by atoms with Crippen LogP contribution >= 0.6 is 15.9 Å². The van der Waals surface area contributed by atoms with E-state index in [4.69, 9.17) is 0 Å². The summed E-state index contributed by atoms with van der Waals surface area (Å²) in [5.41, 5.74) is 1.95. The molecule has 70 valence electrons. The van der Waals surface area contributed by atoms with Gasteiger partial charge in [0.05, 0.1) is 4.47 Å². The number of halogens is 1. The third-order valence-electron chi connectivity index (χ3n) is 1.92. The molecular formula is C11H8BrNO. The first-order valence-electron chi connectivity index (χ1n) is 4.20. The molecule has 2 nitrogen and oxygen atoms in total. The topological polar surface area (TPSA) is 26.9 Å². The molecule has 0 radical (unpaired) electrons. The molecule has 2 aromatic rings. The fourth-order valence-corrected chi connectivity index (χ4v) is 1.76. The molecule has 1 aromatic heterocycles. The Kier molecular flexibility index (Phi) is 2.50. The summed E-state index contributed by atoms with van der Waals surface area (Å²) in [6, 6.07) is 11.7. The Morgan fingerprint density at radius 2 is 1.71 bits per heavy atom. The first kappa shape index (κ1) is 9.21. The molecule has 0 fully saturated rings. The van der Waals surface area contributed by atoms with Crippen LogP contribution in [0, 0.1) is 5.21 Å². The highest BCUT2D eigenvalue weighted by Gasteiger charge is 2.02. The zero-order chi connectivity index (χ0) is 9.97.